The predicted octanol–water partition coefficient (Wildman–Crippen LogP) is -0.0995. The van der Waals surface area contributed by atoms with Crippen molar-refractivity contribution in [1.29, 1.82) is 0 Å². The van der Waals surface area contributed by atoms with Crippen LogP contribution >= 0.6 is 0 Å². The summed E-state index contributed by atoms with van der Waals surface area (Å²) in [6, 6.07) is 5.35. The molecule has 3 rings (SSSR count). The smallest absolute Gasteiger partial charge is 0.255 e. The Morgan fingerprint density at radius 3 is 2.71 bits per heavy atom. The van der Waals surface area contributed by atoms with Gasteiger partial charge in [0, 0.05) is 44.8 Å². The highest BCUT2D eigenvalue weighted by Gasteiger charge is 2.21. The van der Waals surface area contributed by atoms with Gasteiger partial charge in [-0.15, -0.1) is 0 Å². The van der Waals surface area contributed by atoms with E-state index in [4.69, 9.17) is 5.73 Å². The van der Waals surface area contributed by atoms with E-state index in [1.807, 2.05) is 11.0 Å². The van der Waals surface area contributed by atoms with Crippen molar-refractivity contribution in [2.45, 2.75) is 6.42 Å². The molecule has 0 atom stereocenters. The molecular weight excluding hydrogens is 308 g/mol. The minimum Gasteiger partial charge on any atom is -0.369 e. The molecule has 0 saturated carbocycles. The van der Waals surface area contributed by atoms with E-state index in [9.17, 15) is 9.59 Å². The summed E-state index contributed by atoms with van der Waals surface area (Å²) in [6.45, 7) is 2.89. The Bertz CT molecular complexity index is 698. The molecule has 2 aromatic heterocycles. The van der Waals surface area contributed by atoms with E-state index in [1.54, 1.807) is 40.3 Å². The molecule has 1 fully saturated rings. The minimum atomic E-state index is -0.340. The number of nitrogens with two attached hydrogens (primary N) is 1. The lowest BCUT2D eigenvalue weighted by Crippen LogP contribution is -2.38. The second kappa shape index (κ2) is 7.22. The van der Waals surface area contributed by atoms with Gasteiger partial charge in [0.2, 0.25) is 5.91 Å². The van der Waals surface area contributed by atoms with Crippen molar-refractivity contribution in [2.24, 2.45) is 5.73 Å². The van der Waals surface area contributed by atoms with Gasteiger partial charge in [-0.25, -0.2) is 9.67 Å². The molecule has 0 unspecified atom stereocenters. The molecule has 0 radical (unpaired) electrons. The van der Waals surface area contributed by atoms with Crippen LogP contribution in [0.2, 0.25) is 0 Å². The van der Waals surface area contributed by atoms with E-state index in [1.165, 1.54) is 0 Å². The van der Waals surface area contributed by atoms with Crippen LogP contribution in [0.5, 0.6) is 0 Å². The van der Waals surface area contributed by atoms with Crippen LogP contribution in [0.15, 0.2) is 36.8 Å². The fourth-order valence-electron chi connectivity index (χ4n) is 2.79. The van der Waals surface area contributed by atoms with Crippen LogP contribution in [0.25, 0.3) is 5.82 Å². The van der Waals surface area contributed by atoms with Crippen molar-refractivity contribution in [3.8, 4) is 5.82 Å². The van der Waals surface area contributed by atoms with Crippen molar-refractivity contribution in [3.63, 3.8) is 0 Å². The fraction of sp³-hybridized carbons (Fsp3) is 0.375. The molecule has 24 heavy (non-hydrogen) atoms. The van der Waals surface area contributed by atoms with Gasteiger partial charge >= 0.3 is 0 Å². The van der Waals surface area contributed by atoms with Gasteiger partial charge in [0.05, 0.1) is 12.1 Å². The summed E-state index contributed by atoms with van der Waals surface area (Å²) in [7, 11) is 0. The van der Waals surface area contributed by atoms with E-state index >= 15 is 0 Å². The highest BCUT2D eigenvalue weighted by atomic mass is 16.2. The number of nitrogens with zero attached hydrogens (tertiary/aromatic N) is 5. The van der Waals surface area contributed by atoms with Crippen molar-refractivity contribution in [3.05, 3.63) is 42.4 Å². The van der Waals surface area contributed by atoms with Crippen LogP contribution in [0.1, 0.15) is 16.8 Å². The van der Waals surface area contributed by atoms with Gasteiger partial charge < -0.3 is 10.6 Å². The average Bonchev–Trinajstić information content (AvgIpc) is 3.02. The first-order valence-corrected chi connectivity index (χ1v) is 7.89. The Balaban J connectivity index is 1.64. The van der Waals surface area contributed by atoms with Gasteiger partial charge in [-0.1, -0.05) is 0 Å². The highest BCUT2D eigenvalue weighted by Crippen LogP contribution is 2.10. The number of pyridine rings is 1. The lowest BCUT2D eigenvalue weighted by atomic mass is 10.2. The first kappa shape index (κ1) is 16.1. The Kier molecular flexibility index (Phi) is 4.85. The molecule has 8 nitrogen and oxygen atoms in total. The third-order valence-electron chi connectivity index (χ3n) is 3.99. The molecule has 1 saturated heterocycles. The molecular formula is C16H20N6O2. The average molecular weight is 328 g/mol. The summed E-state index contributed by atoms with van der Waals surface area (Å²) < 4.78 is 1.64. The van der Waals surface area contributed by atoms with Gasteiger partial charge in [-0.2, -0.15) is 5.10 Å². The molecule has 3 heterocycles. The first-order valence-electron chi connectivity index (χ1n) is 7.89. The Morgan fingerprint density at radius 1 is 1.17 bits per heavy atom. The molecule has 0 bridgehead atoms. The largest absolute Gasteiger partial charge is 0.369 e. The fourth-order valence-corrected chi connectivity index (χ4v) is 2.79. The second-order valence-electron chi connectivity index (χ2n) is 5.74. The van der Waals surface area contributed by atoms with Crippen LogP contribution in [0.4, 0.5) is 0 Å². The van der Waals surface area contributed by atoms with Crippen molar-refractivity contribution >= 4 is 11.8 Å². The van der Waals surface area contributed by atoms with E-state index in [2.05, 4.69) is 10.1 Å². The van der Waals surface area contributed by atoms with Crippen molar-refractivity contribution < 1.29 is 9.59 Å². The van der Waals surface area contributed by atoms with Crippen LogP contribution in [-0.4, -0.2) is 69.1 Å². The van der Waals surface area contributed by atoms with Gasteiger partial charge in [-0.05, 0) is 24.6 Å². The molecule has 2 aromatic rings. The number of rotatable bonds is 4. The molecule has 1 aliphatic heterocycles. The SMILES string of the molecule is NC(=O)CN1CCCN(C(=O)c2ccc(-n3cccn3)nc2)CC1. The van der Waals surface area contributed by atoms with E-state index in [0.717, 1.165) is 13.0 Å². The van der Waals surface area contributed by atoms with Gasteiger partial charge in [0.1, 0.15) is 0 Å². The first-order chi connectivity index (χ1) is 11.6. The maximum Gasteiger partial charge on any atom is 0.255 e. The van der Waals surface area contributed by atoms with Gasteiger partial charge in [0.25, 0.3) is 5.91 Å². The van der Waals surface area contributed by atoms with Crippen molar-refractivity contribution in [1.82, 2.24) is 24.6 Å². The molecule has 126 valence electrons. The van der Waals surface area contributed by atoms with Crippen LogP contribution in [0.3, 0.4) is 0 Å². The number of carbonyl (C=O) groups is 2. The highest BCUT2D eigenvalue weighted by molar-refractivity contribution is 5.94. The normalized spacial score (nSPS) is 15.9. The van der Waals surface area contributed by atoms with E-state index in [-0.39, 0.29) is 18.4 Å². The predicted molar refractivity (Wildman–Crippen MR) is 87.5 cm³/mol. The number of hydrogen-bond acceptors (Lipinski definition) is 5. The summed E-state index contributed by atoms with van der Waals surface area (Å²) in [5, 5.41) is 4.11. The number of carbonyl (C=O) groups excluding carboxylic acids is 2. The minimum absolute atomic E-state index is 0.0459. The summed E-state index contributed by atoms with van der Waals surface area (Å²) in [4.78, 5) is 31.7. The Morgan fingerprint density at radius 2 is 2.04 bits per heavy atom. The summed E-state index contributed by atoms with van der Waals surface area (Å²) in [5.41, 5.74) is 5.79. The molecule has 8 heteroatoms. The topological polar surface area (TPSA) is 97.4 Å². The molecule has 0 aliphatic carbocycles. The van der Waals surface area contributed by atoms with Gasteiger partial charge in [0.15, 0.2) is 5.82 Å². The van der Waals surface area contributed by atoms with E-state index < -0.39 is 0 Å². The summed E-state index contributed by atoms with van der Waals surface area (Å²) in [5.74, 6) is 0.281. The zero-order valence-electron chi connectivity index (χ0n) is 13.3. The summed E-state index contributed by atoms with van der Waals surface area (Å²) >= 11 is 0. The second-order valence-corrected chi connectivity index (χ2v) is 5.74. The zero-order chi connectivity index (χ0) is 16.9. The maximum atomic E-state index is 12.6. The third kappa shape index (κ3) is 3.77. The third-order valence-corrected chi connectivity index (χ3v) is 3.99. The Hall–Kier alpha value is -2.74. The van der Waals surface area contributed by atoms with Crippen LogP contribution in [-0.2, 0) is 4.79 Å². The lowest BCUT2D eigenvalue weighted by molar-refractivity contribution is -0.119. The van der Waals surface area contributed by atoms with Crippen molar-refractivity contribution in [2.75, 3.05) is 32.7 Å². The lowest BCUT2D eigenvalue weighted by Gasteiger charge is -2.21. The number of aromatic nitrogens is 3. The van der Waals surface area contributed by atoms with Crippen LogP contribution in [0, 0.1) is 0 Å². The molecule has 1 aliphatic rings. The quantitative estimate of drug-likeness (QED) is 0.845. The molecule has 2 N–H and O–H groups in total. The monoisotopic (exact) mass is 328 g/mol. The maximum absolute atomic E-state index is 12.6. The number of primary amides is 1. The number of amides is 2. The molecule has 0 aromatic carbocycles. The zero-order valence-corrected chi connectivity index (χ0v) is 13.3. The number of hydrogen-bond donors (Lipinski definition) is 1. The van der Waals surface area contributed by atoms with Gasteiger partial charge in [-0.3, -0.25) is 14.5 Å². The molecule has 2 amide bonds. The summed E-state index contributed by atoms with van der Waals surface area (Å²) in [6.07, 6.45) is 5.87. The molecule has 0 spiro atoms. The van der Waals surface area contributed by atoms with E-state index in [0.29, 0.717) is 31.0 Å². The van der Waals surface area contributed by atoms with Crippen LogP contribution < -0.4 is 5.73 Å². The standard InChI is InChI=1S/C16H20N6O2/c17-14(23)12-20-6-2-7-21(10-9-20)16(24)13-3-4-15(18-11-13)22-8-1-5-19-22/h1,3-5,8,11H,2,6-7,9-10,12H2,(H2,17,23). The Labute approximate surface area is 139 Å².